The van der Waals surface area contributed by atoms with Crippen LogP contribution >= 0.6 is 0 Å². The van der Waals surface area contributed by atoms with E-state index in [0.29, 0.717) is 5.69 Å². The molecule has 0 radical (unpaired) electrons. The highest BCUT2D eigenvalue weighted by Crippen LogP contribution is 2.16. The summed E-state index contributed by atoms with van der Waals surface area (Å²) in [5.74, 6) is -0.976. The van der Waals surface area contributed by atoms with Crippen LogP contribution in [0.15, 0.2) is 41.5 Å². The maximum atomic E-state index is 11.1. The number of rotatable bonds is 4. The molecule has 0 unspecified atom stereocenters. The second kappa shape index (κ2) is 6.22. The molecule has 0 aliphatic carbocycles. The van der Waals surface area contributed by atoms with Gasteiger partial charge >= 0.3 is 5.97 Å². The van der Waals surface area contributed by atoms with Crippen LogP contribution in [0.5, 0.6) is 0 Å². The van der Waals surface area contributed by atoms with Crippen LogP contribution in [0.3, 0.4) is 0 Å². The molecule has 0 atom stereocenters. The number of carboxylic acids is 1. The minimum absolute atomic E-state index is 0.201. The van der Waals surface area contributed by atoms with Crippen LogP contribution in [-0.2, 0) is 0 Å². The van der Waals surface area contributed by atoms with Crippen LogP contribution in [0, 0.1) is 20.8 Å². The van der Waals surface area contributed by atoms with Gasteiger partial charge in [-0.05, 0) is 44.0 Å². The molecule has 0 aliphatic rings. The molecule has 0 spiro atoms. The molecule has 4 heteroatoms. The smallest absolute Gasteiger partial charge is 0.337 e. The van der Waals surface area contributed by atoms with Crippen molar-refractivity contribution in [1.82, 2.24) is 0 Å². The third-order valence-corrected chi connectivity index (χ3v) is 3.27. The molecule has 4 nitrogen and oxygen atoms in total. The summed E-state index contributed by atoms with van der Waals surface area (Å²) in [6.45, 7) is 6.13. The Morgan fingerprint density at radius 3 is 2.38 bits per heavy atom. The predicted octanol–water partition coefficient (Wildman–Crippen LogP) is 3.76. The third-order valence-electron chi connectivity index (χ3n) is 3.27. The molecular weight excluding hydrogens is 264 g/mol. The molecule has 0 heterocycles. The molecule has 0 bridgehead atoms. The SMILES string of the molecule is Cc1cc(C)c(/C=N/Nc2ccccc2C(=O)O)c(C)c1. The minimum Gasteiger partial charge on any atom is -0.478 e. The van der Waals surface area contributed by atoms with E-state index in [9.17, 15) is 4.79 Å². The first-order chi connectivity index (χ1) is 9.99. The zero-order valence-corrected chi connectivity index (χ0v) is 12.3. The van der Waals surface area contributed by atoms with Gasteiger partial charge in [0.05, 0.1) is 17.5 Å². The van der Waals surface area contributed by atoms with Crippen molar-refractivity contribution in [3.8, 4) is 0 Å². The highest BCUT2D eigenvalue weighted by Gasteiger charge is 2.07. The number of carbonyl (C=O) groups is 1. The number of nitrogens with zero attached hydrogens (tertiary/aromatic N) is 1. The van der Waals surface area contributed by atoms with E-state index < -0.39 is 5.97 Å². The molecule has 0 aromatic heterocycles. The number of anilines is 1. The van der Waals surface area contributed by atoms with E-state index in [0.717, 1.165) is 16.7 Å². The minimum atomic E-state index is -0.976. The number of hydrogen-bond donors (Lipinski definition) is 2. The van der Waals surface area contributed by atoms with Crippen LogP contribution in [0.1, 0.15) is 32.6 Å². The van der Waals surface area contributed by atoms with E-state index in [4.69, 9.17) is 5.11 Å². The van der Waals surface area contributed by atoms with Gasteiger partial charge in [0.1, 0.15) is 0 Å². The zero-order chi connectivity index (χ0) is 15.4. The number of aromatic carboxylic acids is 1. The summed E-state index contributed by atoms with van der Waals surface area (Å²) in [4.78, 5) is 11.1. The molecule has 0 fully saturated rings. The van der Waals surface area contributed by atoms with E-state index in [1.54, 1.807) is 30.5 Å². The van der Waals surface area contributed by atoms with Crippen LogP contribution in [0.25, 0.3) is 0 Å². The van der Waals surface area contributed by atoms with Crippen molar-refractivity contribution in [2.45, 2.75) is 20.8 Å². The van der Waals surface area contributed by atoms with Gasteiger partial charge in [0.25, 0.3) is 0 Å². The van der Waals surface area contributed by atoms with E-state index in [-0.39, 0.29) is 5.56 Å². The van der Waals surface area contributed by atoms with Gasteiger partial charge in [0, 0.05) is 5.56 Å². The van der Waals surface area contributed by atoms with Crippen molar-refractivity contribution in [3.63, 3.8) is 0 Å². The first kappa shape index (κ1) is 14.8. The first-order valence-corrected chi connectivity index (χ1v) is 6.68. The van der Waals surface area contributed by atoms with Crippen molar-refractivity contribution in [3.05, 3.63) is 64.2 Å². The van der Waals surface area contributed by atoms with Crippen molar-refractivity contribution >= 4 is 17.9 Å². The lowest BCUT2D eigenvalue weighted by Gasteiger charge is -2.07. The number of hydrogen-bond acceptors (Lipinski definition) is 3. The van der Waals surface area contributed by atoms with Gasteiger partial charge in [0.2, 0.25) is 0 Å². The Bertz CT molecular complexity index is 683. The molecule has 108 valence electrons. The number of aryl methyl sites for hydroxylation is 3. The summed E-state index contributed by atoms with van der Waals surface area (Å²) >= 11 is 0. The normalized spacial score (nSPS) is 10.8. The number of nitrogens with one attached hydrogen (secondary N) is 1. The lowest BCUT2D eigenvalue weighted by molar-refractivity contribution is 0.0698. The molecule has 0 amide bonds. The van der Waals surface area contributed by atoms with Gasteiger partial charge < -0.3 is 5.11 Å². The maximum absolute atomic E-state index is 11.1. The Labute approximate surface area is 124 Å². The standard InChI is InChI=1S/C17H18N2O2/c1-11-8-12(2)15(13(3)9-11)10-18-19-16-7-5-4-6-14(16)17(20)21/h4-10,19H,1-3H3,(H,20,21)/b18-10+. The average Bonchev–Trinajstić information content (AvgIpc) is 2.42. The van der Waals surface area contributed by atoms with E-state index in [1.165, 1.54) is 5.56 Å². The summed E-state index contributed by atoms with van der Waals surface area (Å²) in [6.07, 6.45) is 1.72. The highest BCUT2D eigenvalue weighted by molar-refractivity contribution is 5.94. The molecule has 0 saturated carbocycles. The Morgan fingerprint density at radius 2 is 1.76 bits per heavy atom. The lowest BCUT2D eigenvalue weighted by Crippen LogP contribution is -2.02. The van der Waals surface area contributed by atoms with Gasteiger partial charge in [0.15, 0.2) is 0 Å². The average molecular weight is 282 g/mol. The van der Waals surface area contributed by atoms with Gasteiger partial charge in [-0.2, -0.15) is 5.10 Å². The molecule has 0 aliphatic heterocycles. The number of benzene rings is 2. The molecule has 2 N–H and O–H groups in total. The fourth-order valence-corrected chi connectivity index (χ4v) is 2.33. The molecule has 2 rings (SSSR count). The maximum Gasteiger partial charge on any atom is 0.337 e. The van der Waals surface area contributed by atoms with Crippen LogP contribution in [-0.4, -0.2) is 17.3 Å². The fraction of sp³-hybridized carbons (Fsp3) is 0.176. The summed E-state index contributed by atoms with van der Waals surface area (Å²) in [5.41, 5.74) is 8.02. The summed E-state index contributed by atoms with van der Waals surface area (Å²) in [5, 5.41) is 13.3. The van der Waals surface area contributed by atoms with Gasteiger partial charge in [-0.25, -0.2) is 4.79 Å². The number of carboxylic acid groups (broad SMARTS) is 1. The fourth-order valence-electron chi connectivity index (χ4n) is 2.33. The second-order valence-corrected chi connectivity index (χ2v) is 5.03. The number of para-hydroxylation sites is 1. The predicted molar refractivity (Wildman–Crippen MR) is 85.3 cm³/mol. The van der Waals surface area contributed by atoms with Crippen LogP contribution in [0.2, 0.25) is 0 Å². The van der Waals surface area contributed by atoms with Gasteiger partial charge in [-0.1, -0.05) is 29.8 Å². The van der Waals surface area contributed by atoms with Crippen LogP contribution in [0.4, 0.5) is 5.69 Å². The Kier molecular flexibility index (Phi) is 4.38. The van der Waals surface area contributed by atoms with Crippen molar-refractivity contribution in [2.75, 3.05) is 5.43 Å². The summed E-state index contributed by atoms with van der Waals surface area (Å²) < 4.78 is 0. The largest absolute Gasteiger partial charge is 0.478 e. The third kappa shape index (κ3) is 3.48. The molecule has 21 heavy (non-hydrogen) atoms. The van der Waals surface area contributed by atoms with E-state index >= 15 is 0 Å². The number of hydrazone groups is 1. The molecular formula is C17H18N2O2. The second-order valence-electron chi connectivity index (χ2n) is 5.03. The van der Waals surface area contributed by atoms with E-state index in [2.05, 4.69) is 29.6 Å². The molecule has 2 aromatic rings. The van der Waals surface area contributed by atoms with Crippen LogP contribution < -0.4 is 5.43 Å². The first-order valence-electron chi connectivity index (χ1n) is 6.68. The summed E-state index contributed by atoms with van der Waals surface area (Å²) in [7, 11) is 0. The van der Waals surface area contributed by atoms with Gasteiger partial charge in [-0.15, -0.1) is 0 Å². The Morgan fingerprint density at radius 1 is 1.14 bits per heavy atom. The zero-order valence-electron chi connectivity index (χ0n) is 12.3. The van der Waals surface area contributed by atoms with Crippen molar-refractivity contribution in [2.24, 2.45) is 5.10 Å². The monoisotopic (exact) mass is 282 g/mol. The quantitative estimate of drug-likeness (QED) is 0.663. The Hall–Kier alpha value is -2.62. The lowest BCUT2D eigenvalue weighted by atomic mass is 10.0. The highest BCUT2D eigenvalue weighted by atomic mass is 16.4. The van der Waals surface area contributed by atoms with Gasteiger partial charge in [-0.3, -0.25) is 5.43 Å². The van der Waals surface area contributed by atoms with Crippen molar-refractivity contribution < 1.29 is 9.90 Å². The van der Waals surface area contributed by atoms with Crippen molar-refractivity contribution in [1.29, 1.82) is 0 Å². The molecule has 2 aromatic carbocycles. The van der Waals surface area contributed by atoms with E-state index in [1.807, 2.05) is 13.8 Å². The summed E-state index contributed by atoms with van der Waals surface area (Å²) in [6, 6.07) is 10.9. The topological polar surface area (TPSA) is 61.7 Å². The Balaban J connectivity index is 2.23. The molecule has 0 saturated heterocycles.